The third-order valence-corrected chi connectivity index (χ3v) is 12.3. The summed E-state index contributed by atoms with van der Waals surface area (Å²) in [4.78, 5) is 18.9. The van der Waals surface area contributed by atoms with Crippen LogP contribution in [0.4, 0.5) is 11.6 Å². The number of rotatable bonds is 3. The van der Waals surface area contributed by atoms with Crippen molar-refractivity contribution < 1.29 is 0 Å². The van der Waals surface area contributed by atoms with Gasteiger partial charge in [-0.1, -0.05) is 125 Å². The molecular formula is C45H42N6. The predicted molar refractivity (Wildman–Crippen MR) is 210 cm³/mol. The molecule has 0 amide bonds. The molecule has 1 saturated carbocycles. The topological polar surface area (TPSA) is 51.8 Å². The molecule has 2 atom stereocenters. The van der Waals surface area contributed by atoms with Gasteiger partial charge in [0.1, 0.15) is 0 Å². The molecule has 8 aromatic rings. The van der Waals surface area contributed by atoms with Gasteiger partial charge >= 0.3 is 0 Å². The fourth-order valence-electron chi connectivity index (χ4n) is 9.43. The van der Waals surface area contributed by atoms with Gasteiger partial charge < -0.3 is 4.90 Å². The number of anilines is 2. The Morgan fingerprint density at radius 3 is 1.43 bits per heavy atom. The van der Waals surface area contributed by atoms with Gasteiger partial charge in [0.15, 0.2) is 0 Å². The van der Waals surface area contributed by atoms with E-state index in [0.29, 0.717) is 17.8 Å². The van der Waals surface area contributed by atoms with E-state index in [-0.39, 0.29) is 16.4 Å². The minimum Gasteiger partial charge on any atom is -0.303 e. The Morgan fingerprint density at radius 1 is 0.529 bits per heavy atom. The molecule has 0 saturated heterocycles. The molecule has 1 fully saturated rings. The summed E-state index contributed by atoms with van der Waals surface area (Å²) in [7, 11) is 0. The van der Waals surface area contributed by atoms with Crippen molar-refractivity contribution in [2.45, 2.75) is 76.7 Å². The van der Waals surface area contributed by atoms with Gasteiger partial charge in [0, 0.05) is 32.6 Å². The second-order valence-corrected chi connectivity index (χ2v) is 16.1. The second kappa shape index (κ2) is 10.5. The molecule has 2 aliphatic rings. The van der Waals surface area contributed by atoms with Gasteiger partial charge in [-0.05, 0) is 66.6 Å². The molecule has 2 unspecified atom stereocenters. The van der Waals surface area contributed by atoms with Crippen LogP contribution in [0.3, 0.4) is 0 Å². The minimum atomic E-state index is -0.221. The molecule has 3 aromatic heterocycles. The van der Waals surface area contributed by atoms with E-state index in [0.717, 1.165) is 34.9 Å². The standard InChI is InChI=1S/C45H42N6/c1-43(2,3)29-24-25-39-34(28-29)44(4)26-14-15-27-45(44,5)51(39)42-47-40(49-35-20-10-6-16-30(35)31-17-7-11-21-36(31)49)46-41(48-42)50-37-22-12-8-18-32(37)33-19-9-13-23-38(33)50/h6-13,16-25,28H,14-15,26-27H2,1-5H3. The van der Waals surface area contributed by atoms with Crippen LogP contribution in [0.25, 0.3) is 55.5 Å². The number of hydrogen-bond donors (Lipinski definition) is 0. The summed E-state index contributed by atoms with van der Waals surface area (Å²) < 4.78 is 4.46. The molecule has 0 N–H and O–H groups in total. The number of benzene rings is 5. The van der Waals surface area contributed by atoms with Crippen LogP contribution in [0, 0.1) is 0 Å². The first-order valence-electron chi connectivity index (χ1n) is 18.4. The van der Waals surface area contributed by atoms with Crippen LogP contribution in [0.5, 0.6) is 0 Å². The number of fused-ring (bicyclic) bond motifs is 9. The van der Waals surface area contributed by atoms with Gasteiger partial charge in [-0.3, -0.25) is 9.13 Å². The lowest BCUT2D eigenvalue weighted by Gasteiger charge is -2.49. The number of aromatic nitrogens is 5. The maximum atomic E-state index is 5.52. The fraction of sp³-hybridized carbons (Fsp3) is 0.267. The molecule has 0 bridgehead atoms. The van der Waals surface area contributed by atoms with E-state index in [4.69, 9.17) is 15.0 Å². The highest BCUT2D eigenvalue weighted by molar-refractivity contribution is 6.10. The minimum absolute atomic E-state index is 0.0461. The second-order valence-electron chi connectivity index (χ2n) is 16.1. The Morgan fingerprint density at radius 2 is 0.961 bits per heavy atom. The van der Waals surface area contributed by atoms with Gasteiger partial charge in [-0.15, -0.1) is 0 Å². The van der Waals surface area contributed by atoms with Crippen molar-refractivity contribution in [1.29, 1.82) is 0 Å². The molecule has 252 valence electrons. The first-order valence-corrected chi connectivity index (χ1v) is 18.4. The average molecular weight is 667 g/mol. The largest absolute Gasteiger partial charge is 0.303 e. The van der Waals surface area contributed by atoms with Crippen LogP contribution in [0.1, 0.15) is 71.4 Å². The summed E-state index contributed by atoms with van der Waals surface area (Å²) in [5, 5.41) is 4.73. The molecule has 0 radical (unpaired) electrons. The molecule has 51 heavy (non-hydrogen) atoms. The summed E-state index contributed by atoms with van der Waals surface area (Å²) in [6.45, 7) is 11.9. The fourth-order valence-corrected chi connectivity index (χ4v) is 9.43. The van der Waals surface area contributed by atoms with Crippen molar-refractivity contribution >= 4 is 55.2 Å². The maximum absolute atomic E-state index is 5.52. The summed E-state index contributed by atoms with van der Waals surface area (Å²) in [6.07, 6.45) is 4.58. The Hall–Kier alpha value is -5.49. The van der Waals surface area contributed by atoms with Crippen LogP contribution < -0.4 is 4.90 Å². The van der Waals surface area contributed by atoms with Crippen molar-refractivity contribution in [2.24, 2.45) is 0 Å². The number of hydrogen-bond acceptors (Lipinski definition) is 4. The van der Waals surface area contributed by atoms with Crippen molar-refractivity contribution in [3.8, 4) is 11.9 Å². The van der Waals surface area contributed by atoms with Gasteiger partial charge in [-0.2, -0.15) is 15.0 Å². The van der Waals surface area contributed by atoms with Gasteiger partial charge in [0.05, 0.1) is 27.6 Å². The normalized spacial score (nSPS) is 20.5. The van der Waals surface area contributed by atoms with E-state index < -0.39 is 0 Å². The van der Waals surface area contributed by atoms with Crippen LogP contribution >= 0.6 is 0 Å². The first-order chi connectivity index (χ1) is 24.7. The van der Waals surface area contributed by atoms with Gasteiger partial charge in [0.25, 0.3) is 0 Å². The third kappa shape index (κ3) is 4.13. The summed E-state index contributed by atoms with van der Waals surface area (Å²) >= 11 is 0. The molecule has 4 heterocycles. The molecule has 0 spiro atoms. The number of para-hydroxylation sites is 4. The summed E-state index contributed by atoms with van der Waals surface area (Å²) in [5.74, 6) is 1.93. The zero-order chi connectivity index (χ0) is 34.7. The van der Waals surface area contributed by atoms with Gasteiger partial charge in [-0.25, -0.2) is 0 Å². The van der Waals surface area contributed by atoms with E-state index >= 15 is 0 Å². The maximum Gasteiger partial charge on any atom is 0.241 e. The van der Waals surface area contributed by atoms with Crippen LogP contribution in [0.2, 0.25) is 0 Å². The van der Waals surface area contributed by atoms with Crippen molar-refractivity contribution in [2.75, 3.05) is 4.90 Å². The SMILES string of the molecule is CC(C)(C)c1ccc2c(c1)C1(C)CCCCC1(C)N2c1nc(-n2c3ccccc3c3ccccc32)nc(-n2c3ccccc3c3ccccc32)n1. The average Bonchev–Trinajstić information content (AvgIpc) is 3.73. The Labute approximate surface area is 298 Å². The first kappa shape index (κ1) is 30.3. The third-order valence-electron chi connectivity index (χ3n) is 12.3. The van der Waals surface area contributed by atoms with Crippen molar-refractivity contribution in [3.63, 3.8) is 0 Å². The van der Waals surface area contributed by atoms with Crippen molar-refractivity contribution in [1.82, 2.24) is 24.1 Å². The van der Waals surface area contributed by atoms with E-state index in [2.05, 4.69) is 164 Å². The molecule has 5 aromatic carbocycles. The Kier molecular flexibility index (Phi) is 6.26. The lowest BCUT2D eigenvalue weighted by atomic mass is 9.61. The van der Waals surface area contributed by atoms with E-state index in [9.17, 15) is 0 Å². The Balaban J connectivity index is 1.32. The van der Waals surface area contributed by atoms with Gasteiger partial charge in [0.2, 0.25) is 17.8 Å². The quantitative estimate of drug-likeness (QED) is 0.188. The monoisotopic (exact) mass is 666 g/mol. The zero-order valence-electron chi connectivity index (χ0n) is 30.0. The smallest absolute Gasteiger partial charge is 0.241 e. The lowest BCUT2D eigenvalue weighted by molar-refractivity contribution is 0.193. The molecule has 6 nitrogen and oxygen atoms in total. The molecule has 1 aliphatic carbocycles. The molecular weight excluding hydrogens is 625 g/mol. The Bertz CT molecular complexity index is 2450. The highest BCUT2D eigenvalue weighted by Gasteiger charge is 2.58. The highest BCUT2D eigenvalue weighted by atomic mass is 15.4. The molecule has 10 rings (SSSR count). The van der Waals surface area contributed by atoms with Crippen molar-refractivity contribution in [3.05, 3.63) is 126 Å². The predicted octanol–water partition coefficient (Wildman–Crippen LogP) is 11.1. The van der Waals surface area contributed by atoms with Crippen LogP contribution in [-0.2, 0) is 10.8 Å². The van der Waals surface area contributed by atoms with E-state index in [1.54, 1.807) is 0 Å². The lowest BCUT2D eigenvalue weighted by Crippen LogP contribution is -2.55. The summed E-state index contributed by atoms with van der Waals surface area (Å²) in [5.41, 5.74) is 8.06. The molecule has 6 heteroatoms. The van der Waals surface area contributed by atoms with Crippen LogP contribution in [0.15, 0.2) is 115 Å². The zero-order valence-corrected chi connectivity index (χ0v) is 30.0. The molecule has 1 aliphatic heterocycles. The van der Waals surface area contributed by atoms with E-state index in [1.807, 2.05) is 0 Å². The van der Waals surface area contributed by atoms with E-state index in [1.165, 1.54) is 51.2 Å². The number of nitrogens with zero attached hydrogens (tertiary/aromatic N) is 6. The summed E-state index contributed by atoms with van der Waals surface area (Å²) in [6, 6.07) is 41.5. The highest BCUT2D eigenvalue weighted by Crippen LogP contribution is 2.60. The van der Waals surface area contributed by atoms with Crippen LogP contribution in [-0.4, -0.2) is 29.6 Å².